The zero-order chi connectivity index (χ0) is 14.5. The summed E-state index contributed by atoms with van der Waals surface area (Å²) in [5, 5.41) is 8.97. The smallest absolute Gasteiger partial charge is 0.303 e. The molecule has 2 bridgehead atoms. The van der Waals surface area contributed by atoms with Crippen LogP contribution in [0.25, 0.3) is 0 Å². The van der Waals surface area contributed by atoms with Crippen LogP contribution in [-0.4, -0.2) is 16.9 Å². The standard InChI is InChI=1S/C17H22O3/c1-11-10-17-7-3-12(11)9-13(17)16(2,6-5-15(19)20)14(18)4-8-17/h4,8,12-13H,1,3,5-7,9-10H2,2H3,(H,19,20)/t12-,13?,16+,17+/m0/s1. The molecule has 108 valence electrons. The molecule has 0 aliphatic heterocycles. The van der Waals surface area contributed by atoms with E-state index in [0.29, 0.717) is 12.3 Å². The summed E-state index contributed by atoms with van der Waals surface area (Å²) in [5.41, 5.74) is 0.881. The first kappa shape index (κ1) is 13.6. The number of rotatable bonds is 3. The van der Waals surface area contributed by atoms with Crippen molar-refractivity contribution in [3.05, 3.63) is 24.3 Å². The Kier molecular flexibility index (Phi) is 2.93. The molecule has 0 amide bonds. The number of carbonyl (C=O) groups is 2. The highest BCUT2D eigenvalue weighted by molar-refractivity contribution is 5.96. The third kappa shape index (κ3) is 1.79. The van der Waals surface area contributed by atoms with Gasteiger partial charge in [0, 0.05) is 11.8 Å². The van der Waals surface area contributed by atoms with Crippen LogP contribution in [0.15, 0.2) is 24.3 Å². The topological polar surface area (TPSA) is 54.4 Å². The second kappa shape index (κ2) is 4.31. The molecule has 1 unspecified atom stereocenters. The molecule has 4 aliphatic rings. The van der Waals surface area contributed by atoms with Gasteiger partial charge in [-0.25, -0.2) is 0 Å². The fourth-order valence-corrected chi connectivity index (χ4v) is 4.82. The number of fused-ring (bicyclic) bond motifs is 2. The van der Waals surface area contributed by atoms with E-state index in [9.17, 15) is 9.59 Å². The molecule has 4 aliphatic carbocycles. The molecule has 0 heterocycles. The van der Waals surface area contributed by atoms with Gasteiger partial charge in [0.25, 0.3) is 0 Å². The number of carbonyl (C=O) groups excluding carboxylic acids is 1. The zero-order valence-electron chi connectivity index (χ0n) is 12.0. The second-order valence-corrected chi connectivity index (χ2v) is 7.10. The normalized spacial score (nSPS) is 42.6. The summed E-state index contributed by atoms with van der Waals surface area (Å²) in [6.07, 6.45) is 8.64. The molecule has 0 radical (unpaired) electrons. The van der Waals surface area contributed by atoms with Gasteiger partial charge in [0.2, 0.25) is 0 Å². The molecule has 3 saturated carbocycles. The summed E-state index contributed by atoms with van der Waals surface area (Å²) in [4.78, 5) is 23.4. The minimum Gasteiger partial charge on any atom is -0.481 e. The summed E-state index contributed by atoms with van der Waals surface area (Å²) in [5.74, 6) is 0.127. The first-order chi connectivity index (χ1) is 9.37. The quantitative estimate of drug-likeness (QED) is 0.803. The minimum absolute atomic E-state index is 0.0625. The van der Waals surface area contributed by atoms with Gasteiger partial charge in [0.1, 0.15) is 0 Å². The van der Waals surface area contributed by atoms with Crippen molar-refractivity contribution in [3.8, 4) is 0 Å². The van der Waals surface area contributed by atoms with E-state index >= 15 is 0 Å². The molecule has 4 atom stereocenters. The van der Waals surface area contributed by atoms with Crippen molar-refractivity contribution >= 4 is 11.8 Å². The highest BCUT2D eigenvalue weighted by atomic mass is 16.4. The molecule has 1 spiro atoms. The predicted molar refractivity (Wildman–Crippen MR) is 76.1 cm³/mol. The van der Waals surface area contributed by atoms with Crippen molar-refractivity contribution in [2.24, 2.45) is 22.7 Å². The van der Waals surface area contributed by atoms with Gasteiger partial charge in [-0.2, -0.15) is 0 Å². The van der Waals surface area contributed by atoms with Gasteiger partial charge < -0.3 is 5.11 Å². The summed E-state index contributed by atoms with van der Waals surface area (Å²) in [7, 11) is 0. The first-order valence-corrected chi connectivity index (χ1v) is 7.50. The molecule has 0 aromatic heterocycles. The lowest BCUT2D eigenvalue weighted by Gasteiger charge is -2.59. The number of hydrogen-bond donors (Lipinski definition) is 1. The van der Waals surface area contributed by atoms with Crippen molar-refractivity contribution < 1.29 is 14.7 Å². The molecule has 0 saturated heterocycles. The van der Waals surface area contributed by atoms with Crippen molar-refractivity contribution in [1.82, 2.24) is 0 Å². The Labute approximate surface area is 119 Å². The van der Waals surface area contributed by atoms with Crippen LogP contribution in [0.4, 0.5) is 0 Å². The number of aliphatic carboxylic acids is 1. The van der Waals surface area contributed by atoms with E-state index in [4.69, 9.17) is 5.11 Å². The highest BCUT2D eigenvalue weighted by Gasteiger charge is 2.58. The Morgan fingerprint density at radius 1 is 1.55 bits per heavy atom. The number of ketones is 1. The maximum absolute atomic E-state index is 12.4. The van der Waals surface area contributed by atoms with Crippen molar-refractivity contribution in [2.75, 3.05) is 0 Å². The Bertz CT molecular complexity index is 518. The van der Waals surface area contributed by atoms with Gasteiger partial charge in [-0.1, -0.05) is 25.2 Å². The van der Waals surface area contributed by atoms with E-state index in [1.807, 2.05) is 6.92 Å². The maximum Gasteiger partial charge on any atom is 0.303 e. The van der Waals surface area contributed by atoms with Gasteiger partial charge in [-0.05, 0) is 55.4 Å². The lowest BCUT2D eigenvalue weighted by molar-refractivity contribution is -0.141. The third-order valence-corrected chi connectivity index (χ3v) is 6.06. The summed E-state index contributed by atoms with van der Waals surface area (Å²) in [6, 6.07) is 0. The van der Waals surface area contributed by atoms with Crippen molar-refractivity contribution in [2.45, 2.75) is 45.4 Å². The average Bonchev–Trinajstić information content (AvgIpc) is 2.41. The summed E-state index contributed by atoms with van der Waals surface area (Å²) in [6.45, 7) is 6.19. The lowest BCUT2D eigenvalue weighted by atomic mass is 9.44. The molecule has 3 nitrogen and oxygen atoms in total. The Hall–Kier alpha value is -1.38. The maximum atomic E-state index is 12.4. The van der Waals surface area contributed by atoms with Crippen LogP contribution in [0.3, 0.4) is 0 Å². The van der Waals surface area contributed by atoms with Crippen LogP contribution >= 0.6 is 0 Å². The lowest BCUT2D eigenvalue weighted by Crippen LogP contribution is -2.54. The van der Waals surface area contributed by atoms with Gasteiger partial charge in [0.05, 0.1) is 0 Å². The van der Waals surface area contributed by atoms with E-state index in [1.165, 1.54) is 12.0 Å². The van der Waals surface area contributed by atoms with Crippen LogP contribution in [0.2, 0.25) is 0 Å². The monoisotopic (exact) mass is 274 g/mol. The molecule has 20 heavy (non-hydrogen) atoms. The van der Waals surface area contributed by atoms with Crippen molar-refractivity contribution in [1.29, 1.82) is 0 Å². The number of hydrogen-bond acceptors (Lipinski definition) is 2. The van der Waals surface area contributed by atoms with Crippen LogP contribution in [-0.2, 0) is 9.59 Å². The third-order valence-electron chi connectivity index (χ3n) is 6.06. The number of carboxylic acid groups (broad SMARTS) is 1. The predicted octanol–water partition coefficient (Wildman–Crippen LogP) is 3.36. The average molecular weight is 274 g/mol. The van der Waals surface area contributed by atoms with E-state index in [-0.39, 0.29) is 23.5 Å². The summed E-state index contributed by atoms with van der Waals surface area (Å²) < 4.78 is 0. The zero-order valence-corrected chi connectivity index (χ0v) is 12.0. The van der Waals surface area contributed by atoms with Crippen LogP contribution in [0.1, 0.15) is 45.4 Å². The Balaban J connectivity index is 1.96. The molecule has 0 aromatic rings. The van der Waals surface area contributed by atoms with Crippen LogP contribution in [0, 0.1) is 22.7 Å². The van der Waals surface area contributed by atoms with E-state index in [1.54, 1.807) is 6.08 Å². The second-order valence-electron chi connectivity index (χ2n) is 7.10. The van der Waals surface area contributed by atoms with Crippen molar-refractivity contribution in [3.63, 3.8) is 0 Å². The molecular formula is C17H22O3. The van der Waals surface area contributed by atoms with Crippen LogP contribution in [0.5, 0.6) is 0 Å². The van der Waals surface area contributed by atoms with E-state index in [2.05, 4.69) is 12.7 Å². The van der Waals surface area contributed by atoms with Gasteiger partial charge in [0.15, 0.2) is 5.78 Å². The van der Waals surface area contributed by atoms with E-state index in [0.717, 1.165) is 19.3 Å². The highest BCUT2D eigenvalue weighted by Crippen LogP contribution is 2.64. The fourth-order valence-electron chi connectivity index (χ4n) is 4.82. The van der Waals surface area contributed by atoms with Gasteiger partial charge >= 0.3 is 5.97 Å². The molecule has 0 aromatic carbocycles. The molecule has 3 fully saturated rings. The van der Waals surface area contributed by atoms with Gasteiger partial charge in [-0.3, -0.25) is 9.59 Å². The molecule has 3 heteroatoms. The van der Waals surface area contributed by atoms with Gasteiger partial charge in [-0.15, -0.1) is 0 Å². The molecular weight excluding hydrogens is 252 g/mol. The Morgan fingerprint density at radius 2 is 2.30 bits per heavy atom. The minimum atomic E-state index is -0.812. The molecule has 1 N–H and O–H groups in total. The van der Waals surface area contributed by atoms with Crippen LogP contribution < -0.4 is 0 Å². The number of carboxylic acids is 1. The summed E-state index contributed by atoms with van der Waals surface area (Å²) >= 11 is 0. The number of allylic oxidation sites excluding steroid dienone is 3. The first-order valence-electron chi connectivity index (χ1n) is 7.50. The molecule has 4 rings (SSSR count). The SMILES string of the molecule is C=C1C[C@@]23C=CC(=O)[C@](C)(CCC(=O)O)C2C[C@@H]1CC3. The fraction of sp³-hybridized carbons (Fsp3) is 0.647. The largest absolute Gasteiger partial charge is 0.481 e. The van der Waals surface area contributed by atoms with E-state index < -0.39 is 11.4 Å². The Morgan fingerprint density at radius 3 is 2.95 bits per heavy atom.